The van der Waals surface area contributed by atoms with Gasteiger partial charge in [-0.3, -0.25) is 0 Å². The molecular formula is C16H19N5. The lowest BCUT2D eigenvalue weighted by atomic mass is 10.0. The molecule has 6 N–H and O–H groups in total. The molecule has 3 rings (SSSR count). The number of rotatable bonds is 3. The third-order valence-electron chi connectivity index (χ3n) is 3.82. The third kappa shape index (κ3) is 2.27. The molecule has 0 unspecified atom stereocenters. The fourth-order valence-electron chi connectivity index (χ4n) is 2.72. The zero-order chi connectivity index (χ0) is 15.0. The molecule has 108 valence electrons. The molecule has 21 heavy (non-hydrogen) atoms. The summed E-state index contributed by atoms with van der Waals surface area (Å²) in [6, 6.07) is 10.2. The minimum atomic E-state index is 0.295. The van der Waals surface area contributed by atoms with Crippen molar-refractivity contribution >= 4 is 28.2 Å². The first-order valence-electron chi connectivity index (χ1n) is 6.97. The van der Waals surface area contributed by atoms with Gasteiger partial charge in [-0.2, -0.15) is 0 Å². The van der Waals surface area contributed by atoms with E-state index in [9.17, 15) is 0 Å². The van der Waals surface area contributed by atoms with Crippen LogP contribution in [0, 0.1) is 0 Å². The van der Waals surface area contributed by atoms with Crippen molar-refractivity contribution in [3.8, 4) is 0 Å². The summed E-state index contributed by atoms with van der Waals surface area (Å²) >= 11 is 0. The predicted molar refractivity (Wildman–Crippen MR) is 87.9 cm³/mol. The topological polar surface area (TPSA) is 95.9 Å². The molecule has 0 aliphatic carbocycles. The van der Waals surface area contributed by atoms with Gasteiger partial charge in [0.25, 0.3) is 0 Å². The summed E-state index contributed by atoms with van der Waals surface area (Å²) in [6.07, 6.45) is 2.79. The largest absolute Gasteiger partial charge is 0.396 e. The fourth-order valence-corrected chi connectivity index (χ4v) is 2.72. The van der Waals surface area contributed by atoms with E-state index in [1.165, 1.54) is 16.5 Å². The Bertz CT molecular complexity index is 804. The van der Waals surface area contributed by atoms with E-state index in [0.29, 0.717) is 23.7 Å². The summed E-state index contributed by atoms with van der Waals surface area (Å²) in [4.78, 5) is 3.98. The molecule has 0 saturated heterocycles. The van der Waals surface area contributed by atoms with Crippen LogP contribution in [0.15, 0.2) is 36.5 Å². The van der Waals surface area contributed by atoms with Crippen LogP contribution in [0.5, 0.6) is 0 Å². The minimum Gasteiger partial charge on any atom is -0.396 e. The Labute approximate surface area is 123 Å². The highest BCUT2D eigenvalue weighted by molar-refractivity contribution is 5.84. The number of nitrogen functional groups attached to an aromatic ring is 3. The van der Waals surface area contributed by atoms with Gasteiger partial charge in [-0.15, -0.1) is 0 Å². The number of benzene rings is 1. The van der Waals surface area contributed by atoms with Gasteiger partial charge in [0, 0.05) is 30.1 Å². The minimum absolute atomic E-state index is 0.295. The van der Waals surface area contributed by atoms with Crippen LogP contribution in [0.2, 0.25) is 0 Å². The van der Waals surface area contributed by atoms with Gasteiger partial charge in [0.15, 0.2) is 0 Å². The SMILES string of the molecule is CCn1ccc2c(Cc3cc(N)nc(N)c3N)cccc21. The first-order valence-corrected chi connectivity index (χ1v) is 6.97. The Balaban J connectivity index is 2.08. The highest BCUT2D eigenvalue weighted by atomic mass is 14.9. The predicted octanol–water partition coefficient (Wildman–Crippen LogP) is 2.39. The first-order chi connectivity index (χ1) is 10.1. The summed E-state index contributed by atoms with van der Waals surface area (Å²) in [5, 5.41) is 1.23. The van der Waals surface area contributed by atoms with Crippen molar-refractivity contribution in [3.63, 3.8) is 0 Å². The smallest absolute Gasteiger partial charge is 0.149 e. The molecule has 0 spiro atoms. The number of aryl methyl sites for hydroxylation is 1. The van der Waals surface area contributed by atoms with Gasteiger partial charge in [-0.1, -0.05) is 12.1 Å². The van der Waals surface area contributed by atoms with Crippen LogP contribution >= 0.6 is 0 Å². The number of hydrogen-bond donors (Lipinski definition) is 3. The van der Waals surface area contributed by atoms with Crippen molar-refractivity contribution in [2.75, 3.05) is 17.2 Å². The monoisotopic (exact) mass is 281 g/mol. The maximum Gasteiger partial charge on any atom is 0.149 e. The Morgan fingerprint density at radius 3 is 2.67 bits per heavy atom. The number of fused-ring (bicyclic) bond motifs is 1. The van der Waals surface area contributed by atoms with E-state index in [1.807, 2.05) is 0 Å². The molecule has 5 nitrogen and oxygen atoms in total. The lowest BCUT2D eigenvalue weighted by Gasteiger charge is -2.10. The normalized spacial score (nSPS) is 11.1. The Morgan fingerprint density at radius 2 is 1.90 bits per heavy atom. The van der Waals surface area contributed by atoms with E-state index in [0.717, 1.165) is 12.1 Å². The van der Waals surface area contributed by atoms with Crippen molar-refractivity contribution in [2.24, 2.45) is 0 Å². The van der Waals surface area contributed by atoms with E-state index in [4.69, 9.17) is 17.2 Å². The molecule has 5 heteroatoms. The highest BCUT2D eigenvalue weighted by Crippen LogP contribution is 2.27. The molecule has 0 aliphatic rings. The number of aromatic nitrogens is 2. The van der Waals surface area contributed by atoms with Gasteiger partial charge in [-0.05, 0) is 36.2 Å². The maximum absolute atomic E-state index is 6.03. The summed E-state index contributed by atoms with van der Waals surface area (Å²) in [5.74, 6) is 0.693. The average molecular weight is 281 g/mol. The fraction of sp³-hybridized carbons (Fsp3) is 0.188. The Morgan fingerprint density at radius 1 is 1.10 bits per heavy atom. The van der Waals surface area contributed by atoms with E-state index in [2.05, 4.69) is 46.9 Å². The highest BCUT2D eigenvalue weighted by Gasteiger charge is 2.10. The van der Waals surface area contributed by atoms with Crippen molar-refractivity contribution in [1.82, 2.24) is 9.55 Å². The molecular weight excluding hydrogens is 262 g/mol. The number of anilines is 3. The molecule has 2 aromatic heterocycles. The van der Waals surface area contributed by atoms with Crippen molar-refractivity contribution in [1.29, 1.82) is 0 Å². The summed E-state index contributed by atoms with van der Waals surface area (Å²) in [5.41, 5.74) is 21.4. The van der Waals surface area contributed by atoms with Gasteiger partial charge in [-0.25, -0.2) is 4.98 Å². The Kier molecular flexibility index (Phi) is 3.17. The zero-order valence-electron chi connectivity index (χ0n) is 12.0. The maximum atomic E-state index is 6.03. The van der Waals surface area contributed by atoms with Crippen LogP contribution in [0.25, 0.3) is 10.9 Å². The second-order valence-electron chi connectivity index (χ2n) is 5.13. The molecule has 0 aliphatic heterocycles. The molecule has 0 saturated carbocycles. The van der Waals surface area contributed by atoms with Crippen LogP contribution in [-0.2, 0) is 13.0 Å². The van der Waals surface area contributed by atoms with E-state index in [-0.39, 0.29) is 0 Å². The molecule has 0 radical (unpaired) electrons. The first kappa shape index (κ1) is 13.3. The van der Waals surface area contributed by atoms with E-state index >= 15 is 0 Å². The number of hydrogen-bond acceptors (Lipinski definition) is 4. The molecule has 0 bridgehead atoms. The Hall–Kier alpha value is -2.69. The van der Waals surface area contributed by atoms with Crippen LogP contribution in [-0.4, -0.2) is 9.55 Å². The van der Waals surface area contributed by atoms with Gasteiger partial charge >= 0.3 is 0 Å². The quantitative estimate of drug-likeness (QED) is 0.686. The van der Waals surface area contributed by atoms with Crippen molar-refractivity contribution in [3.05, 3.63) is 47.7 Å². The van der Waals surface area contributed by atoms with Gasteiger partial charge in [0.2, 0.25) is 0 Å². The van der Waals surface area contributed by atoms with Gasteiger partial charge < -0.3 is 21.8 Å². The lowest BCUT2D eigenvalue weighted by Crippen LogP contribution is -2.06. The van der Waals surface area contributed by atoms with E-state index in [1.54, 1.807) is 6.07 Å². The standard InChI is InChI=1S/C16H19N5/c1-2-21-7-6-12-10(4-3-5-13(12)21)8-11-9-14(17)20-16(19)15(11)18/h3-7,9H,2,8,18H2,1H3,(H4,17,19,20). The van der Waals surface area contributed by atoms with Gasteiger partial charge in [0.05, 0.1) is 5.69 Å². The summed E-state index contributed by atoms with van der Waals surface area (Å²) < 4.78 is 2.22. The number of pyridine rings is 1. The molecule has 3 aromatic rings. The van der Waals surface area contributed by atoms with Gasteiger partial charge in [0.1, 0.15) is 11.6 Å². The van der Waals surface area contributed by atoms with Crippen LogP contribution in [0.1, 0.15) is 18.1 Å². The van der Waals surface area contributed by atoms with E-state index < -0.39 is 0 Å². The second-order valence-corrected chi connectivity index (χ2v) is 5.13. The van der Waals surface area contributed by atoms with Crippen molar-refractivity contribution in [2.45, 2.75) is 19.9 Å². The lowest BCUT2D eigenvalue weighted by molar-refractivity contribution is 0.797. The summed E-state index contributed by atoms with van der Waals surface area (Å²) in [6.45, 7) is 3.08. The van der Waals surface area contributed by atoms with Crippen LogP contribution in [0.4, 0.5) is 17.3 Å². The van der Waals surface area contributed by atoms with Crippen molar-refractivity contribution < 1.29 is 0 Å². The summed E-state index contributed by atoms with van der Waals surface area (Å²) in [7, 11) is 0. The molecule has 2 heterocycles. The number of nitrogens with two attached hydrogens (primary N) is 3. The molecule has 1 aromatic carbocycles. The van der Waals surface area contributed by atoms with Crippen LogP contribution < -0.4 is 17.2 Å². The zero-order valence-corrected chi connectivity index (χ0v) is 12.0. The average Bonchev–Trinajstić information content (AvgIpc) is 2.88. The third-order valence-corrected chi connectivity index (χ3v) is 3.82. The molecule has 0 fully saturated rings. The second kappa shape index (κ2) is 5.01. The van der Waals surface area contributed by atoms with Crippen LogP contribution in [0.3, 0.4) is 0 Å². The molecule has 0 atom stereocenters. The molecule has 0 amide bonds. The number of nitrogens with zero attached hydrogens (tertiary/aromatic N) is 2.